The first-order chi connectivity index (χ1) is 4.75. The van der Waals surface area contributed by atoms with Gasteiger partial charge >= 0.3 is 0 Å². The van der Waals surface area contributed by atoms with E-state index in [0.29, 0.717) is 11.4 Å². The summed E-state index contributed by atoms with van der Waals surface area (Å²) >= 11 is 12.3. The molecule has 0 bridgehead atoms. The molecular weight excluding hydrogens is 193 g/mol. The maximum Gasteiger partial charge on any atom is 0.161 e. The first kappa shape index (κ1) is 7.98. The van der Waals surface area contributed by atoms with E-state index in [9.17, 15) is 4.79 Å². The fourth-order valence-electron chi connectivity index (χ4n) is 0.493. The molecule has 0 spiro atoms. The lowest BCUT2D eigenvalue weighted by atomic mass is 10.4. The first-order valence-electron chi connectivity index (χ1n) is 2.49. The number of carbonyl (C=O) groups excluding carboxylic acids is 1. The molecule has 0 unspecified atom stereocenters. The molecule has 2 nitrogen and oxygen atoms in total. The molecule has 10 heavy (non-hydrogen) atoms. The van der Waals surface area contributed by atoms with E-state index in [0.717, 1.165) is 22.7 Å². The zero-order valence-corrected chi connectivity index (χ0v) is 7.13. The Hall–Kier alpha value is -0.120. The van der Waals surface area contributed by atoms with Crippen LogP contribution in [-0.2, 0) is 11.2 Å². The van der Waals surface area contributed by atoms with Gasteiger partial charge in [0.15, 0.2) is 5.15 Å². The molecular formula is C5H3Cl2NOS. The standard InChI is InChI=1S/C5H3Cl2NOS/c6-4-3(1-2-9)10-8-5(4)7/h2H,1H2. The Morgan fingerprint density at radius 1 is 1.60 bits per heavy atom. The SMILES string of the molecule is O=CCc1snc(Cl)c1Cl. The van der Waals surface area contributed by atoms with E-state index < -0.39 is 0 Å². The van der Waals surface area contributed by atoms with Crippen molar-refractivity contribution in [3.05, 3.63) is 15.1 Å². The Labute approximate surface area is 71.9 Å². The van der Waals surface area contributed by atoms with Crippen LogP contribution in [0.15, 0.2) is 0 Å². The van der Waals surface area contributed by atoms with E-state index in [-0.39, 0.29) is 5.15 Å². The van der Waals surface area contributed by atoms with Crippen LogP contribution in [0.25, 0.3) is 0 Å². The molecule has 0 atom stereocenters. The van der Waals surface area contributed by atoms with Gasteiger partial charge in [-0.3, -0.25) is 0 Å². The molecule has 1 aromatic heterocycles. The zero-order valence-electron chi connectivity index (χ0n) is 4.80. The zero-order chi connectivity index (χ0) is 7.56. The van der Waals surface area contributed by atoms with Crippen molar-refractivity contribution in [1.82, 2.24) is 4.37 Å². The fraction of sp³-hybridized carbons (Fsp3) is 0.200. The van der Waals surface area contributed by atoms with Crippen molar-refractivity contribution in [3.8, 4) is 0 Å². The lowest BCUT2D eigenvalue weighted by Crippen LogP contribution is -1.79. The molecule has 0 fully saturated rings. The van der Waals surface area contributed by atoms with Gasteiger partial charge in [-0.15, -0.1) is 0 Å². The molecule has 0 N–H and O–H groups in total. The predicted octanol–water partition coefficient (Wildman–Crippen LogP) is 2.19. The molecule has 1 heterocycles. The number of rotatable bonds is 2. The van der Waals surface area contributed by atoms with Crippen LogP contribution in [0.4, 0.5) is 0 Å². The minimum Gasteiger partial charge on any atom is -0.303 e. The Morgan fingerprint density at radius 3 is 2.70 bits per heavy atom. The summed E-state index contributed by atoms with van der Waals surface area (Å²) < 4.78 is 3.75. The van der Waals surface area contributed by atoms with E-state index in [1.807, 2.05) is 0 Å². The molecule has 1 rings (SSSR count). The summed E-state index contributed by atoms with van der Waals surface area (Å²) in [5.74, 6) is 0. The van der Waals surface area contributed by atoms with Crippen molar-refractivity contribution in [2.45, 2.75) is 6.42 Å². The van der Waals surface area contributed by atoms with Gasteiger partial charge in [0.05, 0.1) is 9.90 Å². The van der Waals surface area contributed by atoms with E-state index in [1.54, 1.807) is 0 Å². The number of hydrogen-bond acceptors (Lipinski definition) is 3. The lowest BCUT2D eigenvalue weighted by Gasteiger charge is -1.84. The topological polar surface area (TPSA) is 30.0 Å². The van der Waals surface area contributed by atoms with Gasteiger partial charge in [0, 0.05) is 6.42 Å². The summed E-state index contributed by atoms with van der Waals surface area (Å²) in [4.78, 5) is 10.7. The van der Waals surface area contributed by atoms with E-state index in [2.05, 4.69) is 4.37 Å². The number of carbonyl (C=O) groups is 1. The Balaban J connectivity index is 2.93. The molecule has 0 aromatic carbocycles. The van der Waals surface area contributed by atoms with Crippen LogP contribution in [0, 0.1) is 0 Å². The van der Waals surface area contributed by atoms with Crippen molar-refractivity contribution in [2.24, 2.45) is 0 Å². The van der Waals surface area contributed by atoms with E-state index in [1.165, 1.54) is 0 Å². The Bertz CT molecular complexity index is 248. The summed E-state index contributed by atoms with van der Waals surface area (Å²) in [5, 5.41) is 0.683. The first-order valence-corrected chi connectivity index (χ1v) is 4.02. The number of aldehydes is 1. The number of aromatic nitrogens is 1. The highest BCUT2D eigenvalue weighted by Crippen LogP contribution is 2.28. The quantitative estimate of drug-likeness (QED) is 0.678. The molecule has 0 saturated carbocycles. The Morgan fingerprint density at radius 2 is 2.30 bits per heavy atom. The average Bonchev–Trinajstić information content (AvgIpc) is 2.20. The number of halogens is 2. The minimum absolute atomic E-state index is 0.281. The van der Waals surface area contributed by atoms with Gasteiger partial charge < -0.3 is 4.79 Å². The number of nitrogens with zero attached hydrogens (tertiary/aromatic N) is 1. The fourth-order valence-corrected chi connectivity index (χ4v) is 1.64. The molecule has 0 amide bonds. The normalized spacial score (nSPS) is 9.80. The van der Waals surface area contributed by atoms with Crippen molar-refractivity contribution < 1.29 is 4.79 Å². The molecule has 0 radical (unpaired) electrons. The monoisotopic (exact) mass is 195 g/mol. The third kappa shape index (κ3) is 1.48. The third-order valence-corrected chi connectivity index (χ3v) is 2.79. The average molecular weight is 196 g/mol. The smallest absolute Gasteiger partial charge is 0.161 e. The van der Waals surface area contributed by atoms with Gasteiger partial charge in [0.1, 0.15) is 6.29 Å². The molecule has 54 valence electrons. The molecule has 0 aliphatic rings. The van der Waals surface area contributed by atoms with E-state index in [4.69, 9.17) is 23.2 Å². The van der Waals surface area contributed by atoms with Crippen molar-refractivity contribution in [1.29, 1.82) is 0 Å². The maximum absolute atomic E-state index is 10.0. The van der Waals surface area contributed by atoms with Crippen LogP contribution < -0.4 is 0 Å². The largest absolute Gasteiger partial charge is 0.303 e. The number of hydrogen-bond donors (Lipinski definition) is 0. The van der Waals surface area contributed by atoms with Crippen LogP contribution in [0.3, 0.4) is 0 Å². The summed E-state index contributed by atoms with van der Waals surface area (Å²) in [6.07, 6.45) is 1.07. The van der Waals surface area contributed by atoms with Crippen LogP contribution in [0.2, 0.25) is 10.2 Å². The van der Waals surface area contributed by atoms with E-state index >= 15 is 0 Å². The van der Waals surface area contributed by atoms with Crippen LogP contribution in [0.5, 0.6) is 0 Å². The van der Waals surface area contributed by atoms with Gasteiger partial charge in [-0.1, -0.05) is 23.2 Å². The Kier molecular flexibility index (Phi) is 2.65. The summed E-state index contributed by atoms with van der Waals surface area (Å²) in [7, 11) is 0. The second-order valence-corrected chi connectivity index (χ2v) is 3.18. The van der Waals surface area contributed by atoms with Crippen molar-refractivity contribution in [2.75, 3.05) is 0 Å². The predicted molar refractivity (Wildman–Crippen MR) is 41.9 cm³/mol. The molecule has 5 heteroatoms. The molecule has 1 aromatic rings. The summed E-state index contributed by atoms with van der Waals surface area (Å²) in [6.45, 7) is 0. The minimum atomic E-state index is 0.281. The highest BCUT2D eigenvalue weighted by molar-refractivity contribution is 7.07. The van der Waals surface area contributed by atoms with Crippen LogP contribution in [-0.4, -0.2) is 10.7 Å². The molecule has 0 aliphatic carbocycles. The van der Waals surface area contributed by atoms with Crippen LogP contribution in [0.1, 0.15) is 4.88 Å². The second-order valence-electron chi connectivity index (χ2n) is 1.58. The van der Waals surface area contributed by atoms with Gasteiger partial charge in [-0.2, -0.15) is 4.37 Å². The highest BCUT2D eigenvalue weighted by atomic mass is 35.5. The summed E-state index contributed by atoms with van der Waals surface area (Å²) in [6, 6.07) is 0. The molecule has 0 aliphatic heterocycles. The van der Waals surface area contributed by atoms with Gasteiger partial charge in [-0.05, 0) is 11.5 Å². The maximum atomic E-state index is 10.0. The molecule has 0 saturated heterocycles. The lowest BCUT2D eigenvalue weighted by molar-refractivity contribution is -0.107. The van der Waals surface area contributed by atoms with Gasteiger partial charge in [0.25, 0.3) is 0 Å². The van der Waals surface area contributed by atoms with Crippen molar-refractivity contribution >= 4 is 41.0 Å². The van der Waals surface area contributed by atoms with Gasteiger partial charge in [-0.25, -0.2) is 0 Å². The van der Waals surface area contributed by atoms with Crippen molar-refractivity contribution in [3.63, 3.8) is 0 Å². The third-order valence-electron chi connectivity index (χ3n) is 0.931. The van der Waals surface area contributed by atoms with Crippen LogP contribution >= 0.6 is 34.7 Å². The highest BCUT2D eigenvalue weighted by Gasteiger charge is 2.07. The second kappa shape index (κ2) is 3.32. The summed E-state index contributed by atoms with van der Waals surface area (Å²) in [5.41, 5.74) is 0. The van der Waals surface area contributed by atoms with Gasteiger partial charge in [0.2, 0.25) is 0 Å².